The van der Waals surface area contributed by atoms with Crippen molar-refractivity contribution in [1.82, 2.24) is 4.90 Å². The molecule has 0 spiro atoms. The van der Waals surface area contributed by atoms with Crippen LogP contribution < -0.4 is 0 Å². The number of likely N-dealkylation sites (tertiary alicyclic amines) is 1. The topological polar surface area (TPSA) is 37.4 Å². The van der Waals surface area contributed by atoms with E-state index in [2.05, 4.69) is 19.1 Å². The summed E-state index contributed by atoms with van der Waals surface area (Å²) in [5.41, 5.74) is 3.16. The van der Waals surface area contributed by atoms with E-state index < -0.39 is 0 Å². The minimum atomic E-state index is 0.218. The van der Waals surface area contributed by atoms with Crippen LogP contribution in [-0.4, -0.2) is 22.6 Å². The smallest absolute Gasteiger partial charge is 0.229 e. The predicted molar refractivity (Wildman–Crippen MR) is 171 cm³/mol. The molecule has 0 N–H and O–H groups in total. The van der Waals surface area contributed by atoms with Crippen molar-refractivity contribution >= 4 is 11.7 Å². The van der Waals surface area contributed by atoms with Gasteiger partial charge in [-0.1, -0.05) is 125 Å². The molecule has 1 aliphatic heterocycles. The number of carbonyl (C=O) groups is 2. The van der Waals surface area contributed by atoms with Gasteiger partial charge in [-0.2, -0.15) is 0 Å². The van der Waals surface area contributed by atoms with Gasteiger partial charge in [-0.25, -0.2) is 0 Å². The van der Waals surface area contributed by atoms with Crippen molar-refractivity contribution in [3.8, 4) is 0 Å². The molecule has 0 radical (unpaired) electrons. The lowest BCUT2D eigenvalue weighted by atomic mass is 9.91. The molecule has 1 unspecified atom stereocenters. The van der Waals surface area contributed by atoms with Gasteiger partial charge in [-0.05, 0) is 52.2 Å². The van der Waals surface area contributed by atoms with Crippen LogP contribution in [0.1, 0.15) is 130 Å². The summed E-state index contributed by atoms with van der Waals surface area (Å²) in [6, 6.07) is 0.218. The first-order chi connectivity index (χ1) is 17.9. The summed E-state index contributed by atoms with van der Waals surface area (Å²) in [6.45, 7) is 29.9. The molecule has 3 heteroatoms. The fourth-order valence-corrected chi connectivity index (χ4v) is 3.09. The molecule has 1 amide bonds. The maximum Gasteiger partial charge on any atom is 0.229 e. The quantitative estimate of drug-likeness (QED) is 0.173. The van der Waals surface area contributed by atoms with Crippen LogP contribution in [0.4, 0.5) is 0 Å². The maximum atomic E-state index is 11.8. The molecule has 0 aliphatic carbocycles. The van der Waals surface area contributed by atoms with E-state index in [1.807, 2.05) is 144 Å². The highest BCUT2D eigenvalue weighted by Gasteiger charge is 2.38. The lowest BCUT2D eigenvalue weighted by Gasteiger charge is -2.42. The summed E-state index contributed by atoms with van der Waals surface area (Å²) < 4.78 is 0. The number of amides is 1. The van der Waals surface area contributed by atoms with E-state index in [0.29, 0.717) is 12.8 Å². The average Bonchev–Trinajstić information content (AvgIpc) is 2.96. The van der Waals surface area contributed by atoms with E-state index in [4.69, 9.17) is 0 Å². The Morgan fingerprint density at radius 2 is 1.32 bits per heavy atom. The van der Waals surface area contributed by atoms with E-state index in [-0.39, 0.29) is 17.7 Å². The SMILES string of the molecule is C/C=C\C(=C/CC)C(=O)CC.C/C=C\C=C(/CC)N1C(=O)CC1C(/C=C\C)=C/C.CC.CC.CC.CC. The highest BCUT2D eigenvalue weighted by Crippen LogP contribution is 2.32. The van der Waals surface area contributed by atoms with Crippen LogP contribution in [0.2, 0.25) is 0 Å². The van der Waals surface area contributed by atoms with E-state index in [0.717, 1.165) is 24.1 Å². The normalized spacial score (nSPS) is 15.1. The molecular formula is C34H63NO2. The van der Waals surface area contributed by atoms with Crippen molar-refractivity contribution in [2.24, 2.45) is 0 Å². The fourth-order valence-electron chi connectivity index (χ4n) is 3.09. The molecular weight excluding hydrogens is 454 g/mol. The number of rotatable bonds is 9. The van der Waals surface area contributed by atoms with Crippen LogP contribution >= 0.6 is 0 Å². The summed E-state index contributed by atoms with van der Waals surface area (Å²) in [4.78, 5) is 24.9. The van der Waals surface area contributed by atoms with E-state index in [1.165, 1.54) is 5.57 Å². The van der Waals surface area contributed by atoms with Gasteiger partial charge in [0.2, 0.25) is 5.91 Å². The number of β-lactam (4-membered cyclic amide) rings is 1. The van der Waals surface area contributed by atoms with Crippen LogP contribution in [0.15, 0.2) is 71.5 Å². The van der Waals surface area contributed by atoms with Crippen molar-refractivity contribution in [3.05, 3.63) is 71.5 Å². The molecule has 1 aliphatic rings. The van der Waals surface area contributed by atoms with Crippen molar-refractivity contribution in [3.63, 3.8) is 0 Å². The van der Waals surface area contributed by atoms with Gasteiger partial charge >= 0.3 is 0 Å². The summed E-state index contributed by atoms with van der Waals surface area (Å²) in [5.74, 6) is 0.450. The summed E-state index contributed by atoms with van der Waals surface area (Å²) in [6.07, 6.45) is 21.0. The maximum absolute atomic E-state index is 11.8. The minimum Gasteiger partial charge on any atom is -0.308 e. The van der Waals surface area contributed by atoms with Crippen LogP contribution in [0.25, 0.3) is 0 Å². The second-order valence-electron chi connectivity index (χ2n) is 6.65. The van der Waals surface area contributed by atoms with Gasteiger partial charge < -0.3 is 4.90 Å². The largest absolute Gasteiger partial charge is 0.308 e. The third kappa shape index (κ3) is 20.3. The summed E-state index contributed by atoms with van der Waals surface area (Å²) in [7, 11) is 0. The molecule has 1 fully saturated rings. The fraction of sp³-hybridized carbons (Fsp3) is 0.588. The number of hydrogen-bond acceptors (Lipinski definition) is 2. The molecule has 216 valence electrons. The second-order valence-corrected chi connectivity index (χ2v) is 6.65. The Kier molecular flexibility index (Phi) is 43.0. The Morgan fingerprint density at radius 3 is 1.65 bits per heavy atom. The highest BCUT2D eigenvalue weighted by atomic mass is 16.2. The van der Waals surface area contributed by atoms with Crippen LogP contribution in [-0.2, 0) is 9.59 Å². The Labute approximate surface area is 233 Å². The first-order valence-corrected chi connectivity index (χ1v) is 14.7. The zero-order chi connectivity index (χ0) is 30.2. The first-order valence-electron chi connectivity index (χ1n) is 14.7. The number of carbonyl (C=O) groups excluding carboxylic acids is 2. The van der Waals surface area contributed by atoms with E-state index in [9.17, 15) is 9.59 Å². The molecule has 0 aromatic carbocycles. The number of allylic oxidation sites excluding steroid dienone is 10. The van der Waals surface area contributed by atoms with Gasteiger partial charge in [0.1, 0.15) is 0 Å². The molecule has 1 rings (SSSR count). The van der Waals surface area contributed by atoms with Crippen molar-refractivity contribution < 1.29 is 9.59 Å². The van der Waals surface area contributed by atoms with Crippen molar-refractivity contribution in [1.29, 1.82) is 0 Å². The molecule has 3 nitrogen and oxygen atoms in total. The second kappa shape index (κ2) is 35.7. The van der Waals surface area contributed by atoms with Crippen LogP contribution in [0.5, 0.6) is 0 Å². The molecule has 1 saturated heterocycles. The van der Waals surface area contributed by atoms with Crippen LogP contribution in [0, 0.1) is 0 Å². The molecule has 0 aromatic rings. The van der Waals surface area contributed by atoms with E-state index >= 15 is 0 Å². The summed E-state index contributed by atoms with van der Waals surface area (Å²) in [5, 5.41) is 0. The zero-order valence-corrected chi connectivity index (χ0v) is 27.4. The standard InChI is InChI=1S/C16H23NO.C10H16O.4C2H6/c1-5-9-11-14(8-4)17-15(12-16(17)18)13(7-3)10-6-2;1-4-7-9(8-5-2)10(11)6-3;4*1-2/h5-7,9-11,15H,8,12H2,1-4H3;4,7-8H,5-6H2,1-3H3;4*1-2H3/b9-5-,10-6-,13-7+,14-11+;7-4-,9-8+;;;;. The van der Waals surface area contributed by atoms with Crippen molar-refractivity contribution in [2.75, 3.05) is 0 Å². The van der Waals surface area contributed by atoms with Crippen LogP contribution in [0.3, 0.4) is 0 Å². The molecule has 1 atom stereocenters. The number of nitrogens with zero attached hydrogens (tertiary/aromatic N) is 1. The van der Waals surface area contributed by atoms with Gasteiger partial charge in [0, 0.05) is 17.7 Å². The molecule has 1 heterocycles. The van der Waals surface area contributed by atoms with Crippen molar-refractivity contribution in [2.45, 2.75) is 136 Å². The Bertz CT molecular complexity index is 703. The van der Waals surface area contributed by atoms with Gasteiger partial charge in [0.15, 0.2) is 5.78 Å². The Balaban J connectivity index is -0.000000154. The van der Waals surface area contributed by atoms with Gasteiger partial charge in [-0.15, -0.1) is 0 Å². The predicted octanol–water partition coefficient (Wildman–Crippen LogP) is 11.0. The lowest BCUT2D eigenvalue weighted by molar-refractivity contribution is -0.140. The minimum absolute atomic E-state index is 0.218. The van der Waals surface area contributed by atoms with Gasteiger partial charge in [-0.3, -0.25) is 9.59 Å². The lowest BCUT2D eigenvalue weighted by Crippen LogP contribution is -2.52. The zero-order valence-electron chi connectivity index (χ0n) is 27.4. The monoisotopic (exact) mass is 517 g/mol. The molecule has 37 heavy (non-hydrogen) atoms. The van der Waals surface area contributed by atoms with E-state index in [1.54, 1.807) is 0 Å². The Morgan fingerprint density at radius 1 is 0.811 bits per heavy atom. The van der Waals surface area contributed by atoms with Gasteiger partial charge in [0.25, 0.3) is 0 Å². The average molecular weight is 518 g/mol. The third-order valence-corrected chi connectivity index (χ3v) is 4.59. The third-order valence-electron chi connectivity index (χ3n) is 4.59. The summed E-state index contributed by atoms with van der Waals surface area (Å²) >= 11 is 0. The highest BCUT2D eigenvalue weighted by molar-refractivity contribution is 5.97. The first kappa shape index (κ1) is 44.6. The number of hydrogen-bond donors (Lipinski definition) is 0. The van der Waals surface area contributed by atoms with Gasteiger partial charge in [0.05, 0.1) is 12.5 Å². The molecule has 0 saturated carbocycles. The Hall–Kier alpha value is -2.42. The molecule has 0 bridgehead atoms. The molecule has 0 aromatic heterocycles. The number of Topliss-reactive ketones (excluding diaryl/α,β-unsaturated/α-hetero) is 1. The number of ketones is 1.